The highest BCUT2D eigenvalue weighted by Gasteiger charge is 2.35. The minimum absolute atomic E-state index is 0.148. The molecular weight excluding hydrogens is 389 g/mol. The predicted octanol–water partition coefficient (Wildman–Crippen LogP) is 4.55. The van der Waals surface area contributed by atoms with Gasteiger partial charge in [0.25, 0.3) is 0 Å². The summed E-state index contributed by atoms with van der Waals surface area (Å²) in [5, 5.41) is 0. The number of carbonyl (C=O) groups is 1. The van der Waals surface area contributed by atoms with Crippen LogP contribution < -0.4 is 0 Å². The quantitative estimate of drug-likeness (QED) is 0.714. The van der Waals surface area contributed by atoms with Crippen LogP contribution in [0.1, 0.15) is 36.8 Å². The lowest BCUT2D eigenvalue weighted by atomic mass is 9.90. The number of halogens is 3. The molecule has 6 heteroatoms. The summed E-state index contributed by atoms with van der Waals surface area (Å²) < 4.78 is 39.8. The first-order valence-electron chi connectivity index (χ1n) is 10.7. The van der Waals surface area contributed by atoms with Crippen molar-refractivity contribution in [3.63, 3.8) is 0 Å². The van der Waals surface area contributed by atoms with E-state index in [0.717, 1.165) is 63.4 Å². The van der Waals surface area contributed by atoms with Gasteiger partial charge in [0.05, 0.1) is 6.04 Å². The number of benzene rings is 2. The highest BCUT2D eigenvalue weighted by molar-refractivity contribution is 5.82. The Morgan fingerprint density at radius 1 is 0.867 bits per heavy atom. The van der Waals surface area contributed by atoms with E-state index >= 15 is 0 Å². The molecule has 0 radical (unpaired) electrons. The Balaban J connectivity index is 1.31. The zero-order valence-corrected chi connectivity index (χ0v) is 17.0. The molecule has 2 heterocycles. The van der Waals surface area contributed by atoms with E-state index in [2.05, 4.69) is 4.90 Å². The molecule has 2 aromatic rings. The van der Waals surface area contributed by atoms with Crippen LogP contribution in [0.2, 0.25) is 0 Å². The van der Waals surface area contributed by atoms with Crippen LogP contribution in [-0.4, -0.2) is 41.4 Å². The Morgan fingerprint density at radius 3 is 2.27 bits per heavy atom. The minimum atomic E-state index is -0.851. The number of piperidine rings is 1. The number of amides is 1. The largest absolute Gasteiger partial charge is 0.341 e. The van der Waals surface area contributed by atoms with Gasteiger partial charge in [-0.15, -0.1) is 0 Å². The van der Waals surface area contributed by atoms with Crippen molar-refractivity contribution in [3.8, 4) is 0 Å². The molecule has 0 N–H and O–H groups in total. The fourth-order valence-electron chi connectivity index (χ4n) is 4.69. The summed E-state index contributed by atoms with van der Waals surface area (Å²) >= 11 is 0. The lowest BCUT2D eigenvalue weighted by molar-refractivity contribution is -0.137. The van der Waals surface area contributed by atoms with Crippen molar-refractivity contribution in [2.75, 3.05) is 19.6 Å². The fraction of sp³-hybridized carbons (Fsp3) is 0.458. The standard InChI is InChI=1S/C24H27F3N2O/c25-20-6-3-17(4-7-20)14-18-9-12-28(13-10-18)24(30)23-2-1-11-29(23)16-19-5-8-21(26)22(27)15-19/h3-8,15,18,23H,1-2,9-14,16H2/t23-/m0/s1. The lowest BCUT2D eigenvalue weighted by Gasteiger charge is -2.35. The van der Waals surface area contributed by atoms with Gasteiger partial charge in [0.15, 0.2) is 11.6 Å². The van der Waals surface area contributed by atoms with E-state index in [0.29, 0.717) is 18.0 Å². The zero-order valence-electron chi connectivity index (χ0n) is 17.0. The molecule has 0 unspecified atom stereocenters. The van der Waals surface area contributed by atoms with Crippen LogP contribution in [0.25, 0.3) is 0 Å². The number of rotatable bonds is 5. The van der Waals surface area contributed by atoms with E-state index < -0.39 is 11.6 Å². The van der Waals surface area contributed by atoms with Gasteiger partial charge in [0, 0.05) is 19.6 Å². The van der Waals surface area contributed by atoms with Crippen LogP contribution in [0.5, 0.6) is 0 Å². The molecule has 1 amide bonds. The molecule has 3 nitrogen and oxygen atoms in total. The smallest absolute Gasteiger partial charge is 0.239 e. The maximum Gasteiger partial charge on any atom is 0.239 e. The van der Waals surface area contributed by atoms with Gasteiger partial charge in [-0.25, -0.2) is 13.2 Å². The molecule has 2 aliphatic heterocycles. The van der Waals surface area contributed by atoms with Gasteiger partial charge in [-0.2, -0.15) is 0 Å². The lowest BCUT2D eigenvalue weighted by Crippen LogP contribution is -2.48. The molecule has 0 spiro atoms. The Hall–Kier alpha value is -2.34. The van der Waals surface area contributed by atoms with Crippen molar-refractivity contribution in [1.82, 2.24) is 9.80 Å². The van der Waals surface area contributed by atoms with Crippen molar-refractivity contribution in [3.05, 3.63) is 71.0 Å². The van der Waals surface area contributed by atoms with Gasteiger partial charge in [-0.1, -0.05) is 18.2 Å². The summed E-state index contributed by atoms with van der Waals surface area (Å²) in [5.41, 5.74) is 1.82. The van der Waals surface area contributed by atoms with E-state index in [4.69, 9.17) is 0 Å². The van der Waals surface area contributed by atoms with E-state index in [-0.39, 0.29) is 17.8 Å². The molecule has 2 aliphatic rings. The maximum atomic E-state index is 13.5. The number of hydrogen-bond acceptors (Lipinski definition) is 2. The molecule has 2 fully saturated rings. The van der Waals surface area contributed by atoms with Gasteiger partial charge >= 0.3 is 0 Å². The highest BCUT2D eigenvalue weighted by Crippen LogP contribution is 2.26. The van der Waals surface area contributed by atoms with Gasteiger partial charge in [-0.3, -0.25) is 9.69 Å². The first-order valence-corrected chi connectivity index (χ1v) is 10.7. The van der Waals surface area contributed by atoms with Crippen LogP contribution in [0.15, 0.2) is 42.5 Å². The van der Waals surface area contributed by atoms with Crippen molar-refractivity contribution in [2.24, 2.45) is 5.92 Å². The van der Waals surface area contributed by atoms with E-state index in [1.807, 2.05) is 17.0 Å². The number of carbonyl (C=O) groups excluding carboxylic acids is 1. The Morgan fingerprint density at radius 2 is 1.57 bits per heavy atom. The summed E-state index contributed by atoms with van der Waals surface area (Å²) in [5.74, 6) is -1.27. The fourth-order valence-corrected chi connectivity index (χ4v) is 4.69. The van der Waals surface area contributed by atoms with E-state index in [1.54, 1.807) is 6.07 Å². The highest BCUT2D eigenvalue weighted by atomic mass is 19.2. The third-order valence-electron chi connectivity index (χ3n) is 6.38. The van der Waals surface area contributed by atoms with Crippen LogP contribution in [-0.2, 0) is 17.8 Å². The molecule has 0 saturated carbocycles. The first kappa shape index (κ1) is 20.9. The number of nitrogens with zero attached hydrogens (tertiary/aromatic N) is 2. The van der Waals surface area contributed by atoms with E-state index in [9.17, 15) is 18.0 Å². The average Bonchev–Trinajstić information content (AvgIpc) is 3.20. The third-order valence-corrected chi connectivity index (χ3v) is 6.38. The summed E-state index contributed by atoms with van der Waals surface area (Å²) in [6.07, 6.45) is 4.53. The zero-order chi connectivity index (χ0) is 21.1. The molecule has 0 aromatic heterocycles. The Kier molecular flexibility index (Phi) is 6.42. The molecule has 160 valence electrons. The van der Waals surface area contributed by atoms with E-state index in [1.165, 1.54) is 18.2 Å². The first-order chi connectivity index (χ1) is 14.5. The Labute approximate surface area is 175 Å². The molecule has 4 rings (SSSR count). The van der Waals surface area contributed by atoms with Crippen molar-refractivity contribution >= 4 is 5.91 Å². The average molecular weight is 416 g/mol. The van der Waals surface area contributed by atoms with Gasteiger partial charge in [0.2, 0.25) is 5.91 Å². The second-order valence-corrected chi connectivity index (χ2v) is 8.48. The molecule has 2 aromatic carbocycles. The summed E-state index contributed by atoms with van der Waals surface area (Å²) in [6, 6.07) is 10.4. The van der Waals surface area contributed by atoms with Crippen LogP contribution in [0.3, 0.4) is 0 Å². The SMILES string of the molecule is O=C([C@@H]1CCCN1Cc1ccc(F)c(F)c1)N1CCC(Cc2ccc(F)cc2)CC1. The molecule has 1 atom stereocenters. The maximum absolute atomic E-state index is 13.5. The van der Waals surface area contributed by atoms with Crippen LogP contribution in [0, 0.1) is 23.4 Å². The molecular formula is C24H27F3N2O. The topological polar surface area (TPSA) is 23.6 Å². The molecule has 0 aliphatic carbocycles. The van der Waals surface area contributed by atoms with Crippen LogP contribution >= 0.6 is 0 Å². The van der Waals surface area contributed by atoms with Crippen LogP contribution in [0.4, 0.5) is 13.2 Å². The summed E-state index contributed by atoms with van der Waals surface area (Å²) in [7, 11) is 0. The predicted molar refractivity (Wildman–Crippen MR) is 109 cm³/mol. The second-order valence-electron chi connectivity index (χ2n) is 8.48. The molecule has 30 heavy (non-hydrogen) atoms. The molecule has 0 bridgehead atoms. The van der Waals surface area contributed by atoms with Crippen molar-refractivity contribution in [1.29, 1.82) is 0 Å². The van der Waals surface area contributed by atoms with Gasteiger partial charge in [0.1, 0.15) is 5.82 Å². The third kappa shape index (κ3) is 4.86. The second kappa shape index (κ2) is 9.21. The Bertz CT molecular complexity index is 879. The number of likely N-dealkylation sites (tertiary alicyclic amines) is 2. The normalized spacial score (nSPS) is 20.6. The minimum Gasteiger partial charge on any atom is -0.341 e. The van der Waals surface area contributed by atoms with Gasteiger partial charge < -0.3 is 4.90 Å². The summed E-state index contributed by atoms with van der Waals surface area (Å²) in [4.78, 5) is 17.2. The monoisotopic (exact) mass is 416 g/mol. The summed E-state index contributed by atoms with van der Waals surface area (Å²) in [6.45, 7) is 2.71. The number of hydrogen-bond donors (Lipinski definition) is 0. The van der Waals surface area contributed by atoms with Gasteiger partial charge in [-0.05, 0) is 80.0 Å². The van der Waals surface area contributed by atoms with Crippen molar-refractivity contribution in [2.45, 2.75) is 44.7 Å². The molecule has 2 saturated heterocycles. The van der Waals surface area contributed by atoms with Crippen molar-refractivity contribution < 1.29 is 18.0 Å².